The van der Waals surface area contributed by atoms with Crippen LogP contribution in [0, 0.1) is 0 Å². The summed E-state index contributed by atoms with van der Waals surface area (Å²) in [7, 11) is 0. The van der Waals surface area contributed by atoms with Gasteiger partial charge in [-0.1, -0.05) is 18.2 Å². The molecule has 0 radical (unpaired) electrons. The molecule has 4 rings (SSSR count). The van der Waals surface area contributed by atoms with E-state index in [-0.39, 0.29) is 18.4 Å². The average Bonchev–Trinajstić information content (AvgIpc) is 2.85. The van der Waals surface area contributed by atoms with Gasteiger partial charge in [-0.05, 0) is 79.9 Å². The number of nitrogens with one attached hydrogen (secondary N) is 2. The molecule has 0 bridgehead atoms. The second-order valence-corrected chi connectivity index (χ2v) is 7.76. The highest BCUT2D eigenvalue weighted by atomic mass is 16.5. The Morgan fingerprint density at radius 3 is 2.12 bits per heavy atom. The van der Waals surface area contributed by atoms with Gasteiger partial charge in [0, 0.05) is 30.0 Å². The molecule has 1 saturated heterocycles. The predicted octanol–water partition coefficient (Wildman–Crippen LogP) is 4.84. The molecule has 1 aliphatic heterocycles. The molecule has 3 aromatic rings. The summed E-state index contributed by atoms with van der Waals surface area (Å²) in [6.45, 7) is 2.06. The van der Waals surface area contributed by atoms with Gasteiger partial charge in [-0.25, -0.2) is 0 Å². The molecule has 1 fully saturated rings. The first-order valence-electron chi connectivity index (χ1n) is 10.9. The smallest absolute Gasteiger partial charge is 0.251 e. The first-order chi connectivity index (χ1) is 15.7. The number of benzene rings is 3. The molecule has 1 heterocycles. The number of ether oxygens (including phenoxy) is 1. The van der Waals surface area contributed by atoms with Crippen LogP contribution in [0.5, 0.6) is 11.5 Å². The van der Waals surface area contributed by atoms with E-state index in [2.05, 4.69) is 15.5 Å². The van der Waals surface area contributed by atoms with Crippen LogP contribution in [0.3, 0.4) is 0 Å². The average molecular weight is 430 g/mol. The van der Waals surface area contributed by atoms with E-state index in [9.17, 15) is 9.59 Å². The Kier molecular flexibility index (Phi) is 7.02. The minimum Gasteiger partial charge on any atom is -0.457 e. The summed E-state index contributed by atoms with van der Waals surface area (Å²) in [5, 5.41) is 5.47. The van der Waals surface area contributed by atoms with Crippen molar-refractivity contribution in [1.82, 2.24) is 5.32 Å². The highest BCUT2D eigenvalue weighted by molar-refractivity contribution is 5.99. The largest absolute Gasteiger partial charge is 0.457 e. The van der Waals surface area contributed by atoms with Gasteiger partial charge in [0.05, 0.1) is 6.54 Å². The molecule has 2 N–H and O–H groups in total. The monoisotopic (exact) mass is 429 g/mol. The van der Waals surface area contributed by atoms with E-state index in [4.69, 9.17) is 4.74 Å². The van der Waals surface area contributed by atoms with Gasteiger partial charge in [-0.2, -0.15) is 0 Å². The van der Waals surface area contributed by atoms with Crippen LogP contribution in [0.1, 0.15) is 29.6 Å². The Morgan fingerprint density at radius 1 is 0.781 bits per heavy atom. The van der Waals surface area contributed by atoms with Gasteiger partial charge in [0.2, 0.25) is 5.91 Å². The van der Waals surface area contributed by atoms with Crippen molar-refractivity contribution in [3.8, 4) is 11.5 Å². The standard InChI is InChI=1S/C26H27N3O3/c30-25(28-21-11-13-22(14-12-21)29-17-5-2-6-18-29)19-27-26(31)20-9-15-24(16-10-20)32-23-7-3-1-4-8-23/h1,3-4,7-16H,2,5-6,17-19H2,(H,27,31)(H,28,30). The summed E-state index contributed by atoms with van der Waals surface area (Å²) in [5.74, 6) is 0.781. The van der Waals surface area contributed by atoms with Gasteiger partial charge in [-0.3, -0.25) is 9.59 Å². The van der Waals surface area contributed by atoms with Gasteiger partial charge in [0.1, 0.15) is 11.5 Å². The Labute approximate surface area is 188 Å². The molecular formula is C26H27N3O3. The fraction of sp³-hybridized carbons (Fsp3) is 0.231. The number of piperidine rings is 1. The molecule has 164 valence electrons. The second kappa shape index (κ2) is 10.5. The Morgan fingerprint density at radius 2 is 1.44 bits per heavy atom. The highest BCUT2D eigenvalue weighted by Gasteiger charge is 2.12. The fourth-order valence-electron chi connectivity index (χ4n) is 3.67. The topological polar surface area (TPSA) is 70.7 Å². The van der Waals surface area contributed by atoms with Crippen molar-refractivity contribution in [3.05, 3.63) is 84.4 Å². The summed E-state index contributed by atoms with van der Waals surface area (Å²) in [4.78, 5) is 27.0. The maximum Gasteiger partial charge on any atom is 0.251 e. The van der Waals surface area contributed by atoms with Gasteiger partial charge in [0.15, 0.2) is 0 Å². The SMILES string of the molecule is O=C(CNC(=O)c1ccc(Oc2ccccc2)cc1)Nc1ccc(N2CCCCC2)cc1. The van der Waals surface area contributed by atoms with Crippen LogP contribution >= 0.6 is 0 Å². The van der Waals surface area contributed by atoms with E-state index in [0.29, 0.717) is 17.0 Å². The zero-order valence-electron chi connectivity index (χ0n) is 17.9. The number of hydrogen-bond acceptors (Lipinski definition) is 4. The van der Waals surface area contributed by atoms with Crippen molar-refractivity contribution in [2.75, 3.05) is 29.9 Å². The van der Waals surface area contributed by atoms with E-state index in [1.165, 1.54) is 24.9 Å². The molecule has 32 heavy (non-hydrogen) atoms. The number of carbonyl (C=O) groups excluding carboxylic acids is 2. The lowest BCUT2D eigenvalue weighted by molar-refractivity contribution is -0.115. The molecule has 0 atom stereocenters. The van der Waals surface area contributed by atoms with Crippen LogP contribution in [0.2, 0.25) is 0 Å². The summed E-state index contributed by atoms with van der Waals surface area (Å²) < 4.78 is 5.73. The van der Waals surface area contributed by atoms with E-state index in [1.807, 2.05) is 54.6 Å². The third-order valence-corrected chi connectivity index (χ3v) is 5.38. The molecule has 1 aliphatic rings. The summed E-state index contributed by atoms with van der Waals surface area (Å²) in [6, 6.07) is 24.1. The fourth-order valence-corrected chi connectivity index (χ4v) is 3.67. The third kappa shape index (κ3) is 5.88. The van der Waals surface area contributed by atoms with Crippen molar-refractivity contribution in [2.45, 2.75) is 19.3 Å². The van der Waals surface area contributed by atoms with Crippen LogP contribution in [0.25, 0.3) is 0 Å². The minimum absolute atomic E-state index is 0.102. The first kappa shape index (κ1) is 21.4. The number of carbonyl (C=O) groups is 2. The van der Waals surface area contributed by atoms with Gasteiger partial charge in [-0.15, -0.1) is 0 Å². The zero-order valence-corrected chi connectivity index (χ0v) is 17.9. The maximum atomic E-state index is 12.4. The van der Waals surface area contributed by atoms with Crippen LogP contribution in [-0.4, -0.2) is 31.4 Å². The predicted molar refractivity (Wildman–Crippen MR) is 126 cm³/mol. The van der Waals surface area contributed by atoms with Crippen molar-refractivity contribution in [3.63, 3.8) is 0 Å². The molecule has 6 nitrogen and oxygen atoms in total. The Bertz CT molecular complexity index is 1030. The number of rotatable bonds is 7. The van der Waals surface area contributed by atoms with Gasteiger partial charge in [0.25, 0.3) is 5.91 Å². The molecule has 0 aromatic heterocycles. The van der Waals surface area contributed by atoms with Crippen molar-refractivity contribution in [2.24, 2.45) is 0 Å². The minimum atomic E-state index is -0.313. The van der Waals surface area contributed by atoms with Crippen LogP contribution < -0.4 is 20.3 Å². The van der Waals surface area contributed by atoms with E-state index in [0.717, 1.165) is 18.8 Å². The summed E-state index contributed by atoms with van der Waals surface area (Å²) in [5.41, 5.74) is 2.35. The van der Waals surface area contributed by atoms with E-state index >= 15 is 0 Å². The lowest BCUT2D eigenvalue weighted by atomic mass is 10.1. The maximum absolute atomic E-state index is 12.4. The molecule has 0 unspecified atom stereocenters. The highest BCUT2D eigenvalue weighted by Crippen LogP contribution is 2.22. The summed E-state index contributed by atoms with van der Waals surface area (Å²) in [6.07, 6.45) is 3.74. The van der Waals surface area contributed by atoms with Gasteiger partial charge < -0.3 is 20.3 Å². The van der Waals surface area contributed by atoms with Gasteiger partial charge >= 0.3 is 0 Å². The van der Waals surface area contributed by atoms with Crippen molar-refractivity contribution >= 4 is 23.2 Å². The lowest BCUT2D eigenvalue weighted by Crippen LogP contribution is -2.32. The number of hydrogen-bond donors (Lipinski definition) is 2. The normalized spacial score (nSPS) is 13.3. The number of amides is 2. The van der Waals surface area contributed by atoms with Crippen LogP contribution in [0.4, 0.5) is 11.4 Å². The zero-order chi connectivity index (χ0) is 22.2. The first-order valence-corrected chi connectivity index (χ1v) is 10.9. The molecule has 0 saturated carbocycles. The number of para-hydroxylation sites is 1. The second-order valence-electron chi connectivity index (χ2n) is 7.76. The lowest BCUT2D eigenvalue weighted by Gasteiger charge is -2.28. The third-order valence-electron chi connectivity index (χ3n) is 5.38. The van der Waals surface area contributed by atoms with Crippen LogP contribution in [0.15, 0.2) is 78.9 Å². The number of nitrogens with zero attached hydrogens (tertiary/aromatic N) is 1. The molecule has 6 heteroatoms. The van der Waals surface area contributed by atoms with E-state index in [1.54, 1.807) is 24.3 Å². The molecular weight excluding hydrogens is 402 g/mol. The molecule has 3 aromatic carbocycles. The number of anilines is 2. The molecule has 0 spiro atoms. The van der Waals surface area contributed by atoms with Crippen molar-refractivity contribution in [1.29, 1.82) is 0 Å². The quantitative estimate of drug-likeness (QED) is 0.564. The van der Waals surface area contributed by atoms with E-state index < -0.39 is 0 Å². The van der Waals surface area contributed by atoms with Crippen LogP contribution in [-0.2, 0) is 4.79 Å². The Hall–Kier alpha value is -3.80. The molecule has 0 aliphatic carbocycles. The summed E-state index contributed by atoms with van der Waals surface area (Å²) >= 11 is 0. The van der Waals surface area contributed by atoms with Crippen molar-refractivity contribution < 1.29 is 14.3 Å². The molecule has 2 amide bonds. The Balaban J connectivity index is 1.24.